The molecule has 2 amide bonds. The van der Waals surface area contributed by atoms with E-state index in [4.69, 9.17) is 39.5 Å². The molecule has 0 spiro atoms. The lowest BCUT2D eigenvalue weighted by Crippen LogP contribution is -2.49. The highest BCUT2D eigenvalue weighted by molar-refractivity contribution is 6.35. The van der Waals surface area contributed by atoms with Crippen molar-refractivity contribution in [3.8, 4) is 5.75 Å². The van der Waals surface area contributed by atoms with E-state index in [2.05, 4.69) is 5.32 Å². The average molecular weight is 458 g/mol. The van der Waals surface area contributed by atoms with Crippen molar-refractivity contribution in [1.82, 2.24) is 10.2 Å². The zero-order valence-corrected chi connectivity index (χ0v) is 18.5. The Morgan fingerprint density at radius 3 is 2.48 bits per heavy atom. The molecule has 0 heterocycles. The SMILES string of the molecule is CCCNC(=O)[C@H](C)N(Cc1ccccc1Cl)C(=O)COc1ccc(Cl)cc1Cl. The first-order valence-electron chi connectivity index (χ1n) is 9.22. The number of carbonyl (C=O) groups is 2. The molecule has 0 aliphatic rings. The van der Waals surface area contributed by atoms with Gasteiger partial charge in [-0.05, 0) is 43.2 Å². The fourth-order valence-corrected chi connectivity index (χ4v) is 3.26. The van der Waals surface area contributed by atoms with Crippen LogP contribution >= 0.6 is 34.8 Å². The van der Waals surface area contributed by atoms with Gasteiger partial charge in [0.05, 0.1) is 5.02 Å². The molecule has 1 N–H and O–H groups in total. The standard InChI is InChI=1S/C21H23Cl3N2O3/c1-3-10-25-21(28)14(2)26(12-15-6-4-5-7-17(15)23)20(27)13-29-19-9-8-16(22)11-18(19)24/h4-9,11,14H,3,10,12-13H2,1-2H3,(H,25,28)/t14-/m0/s1. The maximum absolute atomic E-state index is 12.9. The van der Waals surface area contributed by atoms with E-state index in [0.29, 0.717) is 27.4 Å². The van der Waals surface area contributed by atoms with Gasteiger partial charge in [-0.25, -0.2) is 0 Å². The zero-order valence-electron chi connectivity index (χ0n) is 16.3. The van der Waals surface area contributed by atoms with Gasteiger partial charge in [0.15, 0.2) is 6.61 Å². The van der Waals surface area contributed by atoms with E-state index < -0.39 is 6.04 Å². The molecule has 156 valence electrons. The summed E-state index contributed by atoms with van der Waals surface area (Å²) < 4.78 is 5.57. The molecule has 8 heteroatoms. The first-order valence-corrected chi connectivity index (χ1v) is 10.3. The first kappa shape index (κ1) is 23.3. The van der Waals surface area contributed by atoms with Crippen molar-refractivity contribution in [1.29, 1.82) is 0 Å². The number of nitrogens with one attached hydrogen (secondary N) is 1. The molecular formula is C21H23Cl3N2O3. The van der Waals surface area contributed by atoms with E-state index >= 15 is 0 Å². The van der Waals surface area contributed by atoms with Gasteiger partial charge in [0, 0.05) is 23.1 Å². The smallest absolute Gasteiger partial charge is 0.261 e. The lowest BCUT2D eigenvalue weighted by molar-refractivity contribution is -0.142. The molecule has 0 fully saturated rings. The minimum absolute atomic E-state index is 0.178. The summed E-state index contributed by atoms with van der Waals surface area (Å²) in [5.41, 5.74) is 0.738. The molecule has 0 saturated carbocycles. The summed E-state index contributed by atoms with van der Waals surface area (Å²) in [6, 6.07) is 11.2. The fraction of sp³-hybridized carbons (Fsp3) is 0.333. The molecule has 0 unspecified atom stereocenters. The molecular weight excluding hydrogens is 435 g/mol. The van der Waals surface area contributed by atoms with Crippen molar-refractivity contribution in [2.45, 2.75) is 32.9 Å². The Morgan fingerprint density at radius 1 is 1.10 bits per heavy atom. The Hall–Kier alpha value is -1.95. The molecule has 2 aromatic carbocycles. The Kier molecular flexibility index (Phi) is 9.08. The van der Waals surface area contributed by atoms with Gasteiger partial charge in [0.2, 0.25) is 5.91 Å². The molecule has 0 aromatic heterocycles. The summed E-state index contributed by atoms with van der Waals surface area (Å²) in [5, 5.41) is 4.11. The molecule has 0 aliphatic carbocycles. The molecule has 0 saturated heterocycles. The first-order chi connectivity index (χ1) is 13.8. The van der Waals surface area contributed by atoms with Crippen LogP contribution in [-0.4, -0.2) is 35.9 Å². The summed E-state index contributed by atoms with van der Waals surface area (Å²) in [5.74, 6) is -0.267. The minimum atomic E-state index is -0.699. The predicted molar refractivity (Wildman–Crippen MR) is 117 cm³/mol. The molecule has 2 rings (SSSR count). The van der Waals surface area contributed by atoms with Crippen LogP contribution in [0.4, 0.5) is 0 Å². The highest BCUT2D eigenvalue weighted by Gasteiger charge is 2.27. The highest BCUT2D eigenvalue weighted by Crippen LogP contribution is 2.27. The number of halogens is 3. The Morgan fingerprint density at radius 2 is 1.83 bits per heavy atom. The van der Waals surface area contributed by atoms with E-state index in [0.717, 1.165) is 12.0 Å². The second-order valence-electron chi connectivity index (χ2n) is 6.44. The van der Waals surface area contributed by atoms with Crippen LogP contribution in [0.5, 0.6) is 5.75 Å². The van der Waals surface area contributed by atoms with Crippen LogP contribution in [0.15, 0.2) is 42.5 Å². The Balaban J connectivity index is 2.17. The van der Waals surface area contributed by atoms with Gasteiger partial charge < -0.3 is 15.0 Å². The van der Waals surface area contributed by atoms with E-state index in [-0.39, 0.29) is 25.0 Å². The van der Waals surface area contributed by atoms with Gasteiger partial charge in [-0.2, -0.15) is 0 Å². The van der Waals surface area contributed by atoms with Crippen LogP contribution in [0, 0.1) is 0 Å². The molecule has 2 aromatic rings. The van der Waals surface area contributed by atoms with Gasteiger partial charge in [-0.1, -0.05) is 59.9 Å². The summed E-state index contributed by atoms with van der Waals surface area (Å²) >= 11 is 18.2. The number of benzene rings is 2. The summed E-state index contributed by atoms with van der Waals surface area (Å²) in [7, 11) is 0. The molecule has 0 bridgehead atoms. The van der Waals surface area contributed by atoms with Gasteiger partial charge in [0.25, 0.3) is 5.91 Å². The van der Waals surface area contributed by atoms with E-state index in [9.17, 15) is 9.59 Å². The lowest BCUT2D eigenvalue weighted by atomic mass is 10.1. The van der Waals surface area contributed by atoms with Crippen molar-refractivity contribution in [3.05, 3.63) is 63.1 Å². The number of carbonyl (C=O) groups excluding carboxylic acids is 2. The third-order valence-electron chi connectivity index (χ3n) is 4.26. The number of amides is 2. The van der Waals surface area contributed by atoms with Crippen LogP contribution in [-0.2, 0) is 16.1 Å². The second kappa shape index (κ2) is 11.3. The monoisotopic (exact) mass is 456 g/mol. The third kappa shape index (κ3) is 6.81. The number of ether oxygens (including phenoxy) is 1. The summed E-state index contributed by atoms with van der Waals surface area (Å²) in [4.78, 5) is 26.9. The zero-order chi connectivity index (χ0) is 21.4. The maximum Gasteiger partial charge on any atom is 0.261 e. The summed E-state index contributed by atoms with van der Waals surface area (Å²) in [6.07, 6.45) is 0.801. The highest BCUT2D eigenvalue weighted by atomic mass is 35.5. The predicted octanol–water partition coefficient (Wildman–Crippen LogP) is 4.97. The van der Waals surface area contributed by atoms with Gasteiger partial charge in [-0.15, -0.1) is 0 Å². The van der Waals surface area contributed by atoms with Crippen molar-refractivity contribution in [2.75, 3.05) is 13.2 Å². The quantitative estimate of drug-likeness (QED) is 0.578. The number of nitrogens with zero attached hydrogens (tertiary/aromatic N) is 1. The number of rotatable bonds is 9. The van der Waals surface area contributed by atoms with Gasteiger partial charge in [-0.3, -0.25) is 9.59 Å². The molecule has 5 nitrogen and oxygen atoms in total. The van der Waals surface area contributed by atoms with Crippen LogP contribution < -0.4 is 10.1 Å². The maximum atomic E-state index is 12.9. The number of hydrogen-bond acceptors (Lipinski definition) is 3. The van der Waals surface area contributed by atoms with Crippen molar-refractivity contribution in [3.63, 3.8) is 0 Å². The van der Waals surface area contributed by atoms with Crippen molar-refractivity contribution in [2.24, 2.45) is 0 Å². The normalized spacial score (nSPS) is 11.6. The van der Waals surface area contributed by atoms with Crippen molar-refractivity contribution >= 4 is 46.6 Å². The third-order valence-corrected chi connectivity index (χ3v) is 5.16. The largest absolute Gasteiger partial charge is 0.482 e. The summed E-state index contributed by atoms with van der Waals surface area (Å²) in [6.45, 7) is 4.07. The average Bonchev–Trinajstić information content (AvgIpc) is 2.70. The molecule has 0 aliphatic heterocycles. The fourth-order valence-electron chi connectivity index (χ4n) is 2.60. The molecule has 29 heavy (non-hydrogen) atoms. The van der Waals surface area contributed by atoms with Crippen LogP contribution in [0.25, 0.3) is 0 Å². The van der Waals surface area contributed by atoms with Crippen LogP contribution in [0.2, 0.25) is 15.1 Å². The molecule has 0 radical (unpaired) electrons. The lowest BCUT2D eigenvalue weighted by Gasteiger charge is -2.29. The van der Waals surface area contributed by atoms with Crippen molar-refractivity contribution < 1.29 is 14.3 Å². The van der Waals surface area contributed by atoms with Gasteiger partial charge in [0.1, 0.15) is 11.8 Å². The van der Waals surface area contributed by atoms with Gasteiger partial charge >= 0.3 is 0 Å². The van der Waals surface area contributed by atoms with Crippen LogP contribution in [0.3, 0.4) is 0 Å². The van der Waals surface area contributed by atoms with E-state index in [1.165, 1.54) is 11.0 Å². The number of hydrogen-bond donors (Lipinski definition) is 1. The Labute approximate surface area is 185 Å². The van der Waals surface area contributed by atoms with E-state index in [1.807, 2.05) is 19.1 Å². The minimum Gasteiger partial charge on any atom is -0.482 e. The Bertz CT molecular complexity index is 861. The second-order valence-corrected chi connectivity index (χ2v) is 7.69. The topological polar surface area (TPSA) is 58.6 Å². The van der Waals surface area contributed by atoms with E-state index in [1.54, 1.807) is 31.2 Å². The molecule has 1 atom stereocenters. The van der Waals surface area contributed by atoms with Crippen LogP contribution in [0.1, 0.15) is 25.8 Å².